The second kappa shape index (κ2) is 1.99. The summed E-state index contributed by atoms with van der Waals surface area (Å²) in [6.45, 7) is 0. The third-order valence-electron chi connectivity index (χ3n) is 1.32. The molecule has 0 nitrogen and oxygen atoms in total. The van der Waals surface area contributed by atoms with Gasteiger partial charge in [-0.25, -0.2) is 0 Å². The van der Waals surface area contributed by atoms with Gasteiger partial charge in [0.15, 0.2) is 0 Å². The molecule has 0 heterocycles. The fraction of sp³-hybridized carbons (Fsp3) is 1.00. The van der Waals surface area contributed by atoms with Crippen molar-refractivity contribution in [2.45, 2.75) is 30.5 Å². The third-order valence-corrected chi connectivity index (χ3v) is 2.41. The Morgan fingerprint density at radius 3 is 1.83 bits per heavy atom. The van der Waals surface area contributed by atoms with Crippen LogP contribution in [-0.4, -0.2) is 16.0 Å². The van der Waals surface area contributed by atoms with Gasteiger partial charge in [-0.1, -0.05) is 0 Å². The maximum atomic E-state index is 2.74. The summed E-state index contributed by atoms with van der Waals surface area (Å²) in [5.41, 5.74) is 0. The summed E-state index contributed by atoms with van der Waals surface area (Å²) in [5.74, 6) is 0. The summed E-state index contributed by atoms with van der Waals surface area (Å²) in [6.07, 6.45) is 5.86. The Morgan fingerprint density at radius 1 is 1.17 bits per heavy atom. The summed E-state index contributed by atoms with van der Waals surface area (Å²) in [4.78, 5) is 0.984. The average molecular weight is 149 g/mol. The average Bonchev–Trinajstić information content (AvgIpc) is 1.86. The first-order valence-corrected chi connectivity index (χ1v) is 3.66. The fourth-order valence-corrected chi connectivity index (χ4v) is 1.67. The molecule has 1 saturated carbocycles. The van der Waals surface area contributed by atoms with Gasteiger partial charge in [-0.3, -0.25) is 0 Å². The summed E-state index contributed by atoms with van der Waals surface area (Å²) < 4.78 is 0. The van der Waals surface area contributed by atoms with E-state index in [0.717, 1.165) is 4.82 Å². The molecule has 1 aliphatic carbocycles. The van der Waals surface area contributed by atoms with E-state index >= 15 is 0 Å². The molecule has 0 atom stereocenters. The monoisotopic (exact) mass is 150 g/mol. The molecule has 1 heteroatoms. The van der Waals surface area contributed by atoms with E-state index in [0.29, 0.717) is 0 Å². The SMILES string of the molecule is [SeH]C1CCCC1. The molecule has 0 aliphatic heterocycles. The normalized spacial score (nSPS) is 25.5. The molecule has 0 N–H and O–H groups in total. The van der Waals surface area contributed by atoms with E-state index in [-0.39, 0.29) is 0 Å². The summed E-state index contributed by atoms with van der Waals surface area (Å²) in [7, 11) is 0. The first-order chi connectivity index (χ1) is 2.89. The molecule has 0 bridgehead atoms. The number of hydrogen-bond donors (Lipinski definition) is 0. The zero-order chi connectivity index (χ0) is 4.41. The Balaban J connectivity index is 2.18. The van der Waals surface area contributed by atoms with Crippen LogP contribution in [0, 0.1) is 0 Å². The van der Waals surface area contributed by atoms with Gasteiger partial charge in [-0.05, 0) is 0 Å². The maximum absolute atomic E-state index is 2.74. The van der Waals surface area contributed by atoms with Crippen LogP contribution in [0.1, 0.15) is 25.7 Å². The topological polar surface area (TPSA) is 0 Å². The molecule has 0 aromatic carbocycles. The van der Waals surface area contributed by atoms with Gasteiger partial charge < -0.3 is 0 Å². The van der Waals surface area contributed by atoms with Crippen LogP contribution in [0.5, 0.6) is 0 Å². The fourth-order valence-electron chi connectivity index (χ4n) is 0.904. The van der Waals surface area contributed by atoms with Crippen molar-refractivity contribution in [2.75, 3.05) is 0 Å². The van der Waals surface area contributed by atoms with Crippen molar-refractivity contribution >= 4 is 16.0 Å². The van der Waals surface area contributed by atoms with Crippen LogP contribution >= 0.6 is 0 Å². The second-order valence-electron chi connectivity index (χ2n) is 1.94. The van der Waals surface area contributed by atoms with Crippen LogP contribution in [0.4, 0.5) is 0 Å². The Bertz CT molecular complexity index is 37.2. The van der Waals surface area contributed by atoms with Gasteiger partial charge in [0, 0.05) is 0 Å². The Morgan fingerprint density at radius 2 is 1.67 bits per heavy atom. The molecular weight excluding hydrogens is 139 g/mol. The summed E-state index contributed by atoms with van der Waals surface area (Å²) >= 11 is 2.74. The molecule has 1 rings (SSSR count). The molecular formula is C5H10Se. The standard InChI is InChI=1S/C5H10Se/c6-5-3-1-2-4-5/h5-6H,1-4H2. The van der Waals surface area contributed by atoms with Gasteiger partial charge >= 0.3 is 46.5 Å². The van der Waals surface area contributed by atoms with Gasteiger partial charge in [0.1, 0.15) is 0 Å². The van der Waals surface area contributed by atoms with Crippen molar-refractivity contribution in [1.29, 1.82) is 0 Å². The zero-order valence-electron chi connectivity index (χ0n) is 3.85. The minimum absolute atomic E-state index is 0.984. The summed E-state index contributed by atoms with van der Waals surface area (Å²) in [6, 6.07) is 0. The van der Waals surface area contributed by atoms with Crippen LogP contribution in [0.3, 0.4) is 0 Å². The van der Waals surface area contributed by atoms with Crippen LogP contribution in [-0.2, 0) is 0 Å². The number of rotatable bonds is 0. The first-order valence-electron chi connectivity index (χ1n) is 2.57. The van der Waals surface area contributed by atoms with Gasteiger partial charge in [-0.15, -0.1) is 0 Å². The van der Waals surface area contributed by atoms with Gasteiger partial charge in [0.2, 0.25) is 0 Å². The molecule has 6 heavy (non-hydrogen) atoms. The molecule has 0 radical (unpaired) electrons. The molecule has 36 valence electrons. The molecule has 1 fully saturated rings. The van der Waals surface area contributed by atoms with Gasteiger partial charge in [-0.2, -0.15) is 0 Å². The van der Waals surface area contributed by atoms with Crippen molar-refractivity contribution in [3.63, 3.8) is 0 Å². The molecule has 0 amide bonds. The van der Waals surface area contributed by atoms with Gasteiger partial charge in [0.05, 0.1) is 0 Å². The van der Waals surface area contributed by atoms with Crippen molar-refractivity contribution in [3.05, 3.63) is 0 Å². The molecule has 1 aliphatic rings. The van der Waals surface area contributed by atoms with Gasteiger partial charge in [0.25, 0.3) is 0 Å². The van der Waals surface area contributed by atoms with E-state index in [2.05, 4.69) is 16.0 Å². The van der Waals surface area contributed by atoms with E-state index in [1.54, 1.807) is 0 Å². The molecule has 0 saturated heterocycles. The predicted molar refractivity (Wildman–Crippen MR) is 29.4 cm³/mol. The molecule has 0 aromatic rings. The summed E-state index contributed by atoms with van der Waals surface area (Å²) in [5, 5.41) is 0. The van der Waals surface area contributed by atoms with Crippen LogP contribution in [0.15, 0.2) is 0 Å². The number of hydrogen-bond acceptors (Lipinski definition) is 0. The van der Waals surface area contributed by atoms with Crippen molar-refractivity contribution in [1.82, 2.24) is 0 Å². The Kier molecular flexibility index (Phi) is 1.55. The quantitative estimate of drug-likeness (QED) is 0.455. The molecule has 0 aromatic heterocycles. The van der Waals surface area contributed by atoms with Crippen molar-refractivity contribution < 1.29 is 0 Å². The van der Waals surface area contributed by atoms with Crippen LogP contribution in [0.25, 0.3) is 0 Å². The molecule has 0 unspecified atom stereocenters. The second-order valence-corrected chi connectivity index (χ2v) is 3.47. The van der Waals surface area contributed by atoms with Crippen molar-refractivity contribution in [3.8, 4) is 0 Å². The minimum atomic E-state index is 0.984. The van der Waals surface area contributed by atoms with E-state index < -0.39 is 0 Å². The van der Waals surface area contributed by atoms with E-state index in [1.807, 2.05) is 0 Å². The molecule has 0 spiro atoms. The van der Waals surface area contributed by atoms with E-state index in [4.69, 9.17) is 0 Å². The Hall–Kier alpha value is 0.519. The zero-order valence-corrected chi connectivity index (χ0v) is 5.73. The van der Waals surface area contributed by atoms with E-state index in [9.17, 15) is 0 Å². The van der Waals surface area contributed by atoms with Crippen LogP contribution < -0.4 is 0 Å². The van der Waals surface area contributed by atoms with E-state index in [1.165, 1.54) is 25.7 Å². The Labute approximate surface area is 47.1 Å². The third kappa shape index (κ3) is 0.990. The predicted octanol–water partition coefficient (Wildman–Crippen LogP) is 1.25. The van der Waals surface area contributed by atoms with Crippen molar-refractivity contribution in [2.24, 2.45) is 0 Å². The first kappa shape index (κ1) is 4.67. The van der Waals surface area contributed by atoms with Crippen LogP contribution in [0.2, 0.25) is 4.82 Å².